The molecule has 0 radical (unpaired) electrons. The van der Waals surface area contributed by atoms with Crippen LogP contribution in [0.3, 0.4) is 0 Å². The summed E-state index contributed by atoms with van der Waals surface area (Å²) >= 11 is 1.35. The first-order valence-electron chi connectivity index (χ1n) is 8.70. The number of carbonyl (C=O) groups is 2. The smallest absolute Gasteiger partial charge is 0.333 e. The molecule has 0 saturated heterocycles. The fourth-order valence-electron chi connectivity index (χ4n) is 2.73. The van der Waals surface area contributed by atoms with Gasteiger partial charge in [0.25, 0.3) is 11.5 Å². The predicted molar refractivity (Wildman–Crippen MR) is 110 cm³/mol. The number of fused-ring (bicyclic) bond motifs is 1. The van der Waals surface area contributed by atoms with Crippen LogP contribution >= 0.6 is 11.3 Å². The molecule has 29 heavy (non-hydrogen) atoms. The van der Waals surface area contributed by atoms with Gasteiger partial charge < -0.3 is 10.1 Å². The molecule has 0 aliphatic heterocycles. The molecule has 0 saturated carbocycles. The SMILES string of the molecule is O=C(Cn1ncc2ccccc2c1=O)Oc1ccc(NC(=O)c2cccs2)cc1. The van der Waals surface area contributed by atoms with E-state index in [0.29, 0.717) is 27.1 Å². The Kier molecular flexibility index (Phi) is 5.17. The van der Waals surface area contributed by atoms with Crippen molar-refractivity contribution in [1.82, 2.24) is 9.78 Å². The maximum Gasteiger partial charge on any atom is 0.333 e. The van der Waals surface area contributed by atoms with Crippen LogP contribution in [0.1, 0.15) is 9.67 Å². The first kappa shape index (κ1) is 18.6. The Bertz CT molecular complexity index is 1230. The lowest BCUT2D eigenvalue weighted by atomic mass is 10.2. The minimum absolute atomic E-state index is 0.202. The van der Waals surface area contributed by atoms with Crippen LogP contribution in [0.15, 0.2) is 77.0 Å². The molecule has 4 aromatic rings. The molecule has 2 heterocycles. The van der Waals surface area contributed by atoms with E-state index in [1.165, 1.54) is 17.5 Å². The summed E-state index contributed by atoms with van der Waals surface area (Å²) in [4.78, 5) is 37.3. The van der Waals surface area contributed by atoms with Crippen molar-refractivity contribution in [3.05, 3.63) is 87.5 Å². The van der Waals surface area contributed by atoms with Gasteiger partial charge in [-0.2, -0.15) is 5.10 Å². The summed E-state index contributed by atoms with van der Waals surface area (Å²) in [6.07, 6.45) is 1.54. The van der Waals surface area contributed by atoms with Crippen LogP contribution in [0.25, 0.3) is 10.8 Å². The van der Waals surface area contributed by atoms with E-state index < -0.39 is 5.97 Å². The van der Waals surface area contributed by atoms with Gasteiger partial charge >= 0.3 is 5.97 Å². The summed E-state index contributed by atoms with van der Waals surface area (Å²) in [6, 6.07) is 17.0. The molecule has 8 heteroatoms. The standard InChI is InChI=1S/C21H15N3O4S/c25-19(13-24-21(27)17-5-2-1-4-14(17)12-22-24)28-16-9-7-15(8-10-16)23-20(26)18-6-3-11-29-18/h1-12H,13H2,(H,23,26). The lowest BCUT2D eigenvalue weighted by Crippen LogP contribution is -2.28. The maximum atomic E-state index is 12.4. The van der Waals surface area contributed by atoms with Gasteiger partial charge in [0.1, 0.15) is 12.3 Å². The molecule has 0 bridgehead atoms. The minimum Gasteiger partial charge on any atom is -0.425 e. The van der Waals surface area contributed by atoms with E-state index in [0.717, 1.165) is 4.68 Å². The predicted octanol–water partition coefficient (Wildman–Crippen LogP) is 3.32. The molecule has 0 aliphatic carbocycles. The number of ether oxygens (including phenoxy) is 1. The highest BCUT2D eigenvalue weighted by atomic mass is 32.1. The zero-order chi connectivity index (χ0) is 20.2. The van der Waals surface area contributed by atoms with Gasteiger partial charge in [-0.1, -0.05) is 24.3 Å². The average molecular weight is 405 g/mol. The van der Waals surface area contributed by atoms with Crippen molar-refractivity contribution in [3.63, 3.8) is 0 Å². The van der Waals surface area contributed by atoms with Crippen molar-refractivity contribution in [3.8, 4) is 5.75 Å². The van der Waals surface area contributed by atoms with Gasteiger partial charge in [-0.15, -0.1) is 11.3 Å². The third-order valence-corrected chi connectivity index (χ3v) is 5.00. The molecular weight excluding hydrogens is 390 g/mol. The summed E-state index contributed by atoms with van der Waals surface area (Å²) in [5.41, 5.74) is 0.224. The number of anilines is 1. The monoisotopic (exact) mass is 405 g/mol. The van der Waals surface area contributed by atoms with Crippen LogP contribution in [0.5, 0.6) is 5.75 Å². The van der Waals surface area contributed by atoms with Gasteiger partial charge in [-0.3, -0.25) is 9.59 Å². The van der Waals surface area contributed by atoms with E-state index >= 15 is 0 Å². The quantitative estimate of drug-likeness (QED) is 0.406. The van der Waals surface area contributed by atoms with E-state index in [-0.39, 0.29) is 18.0 Å². The highest BCUT2D eigenvalue weighted by molar-refractivity contribution is 7.12. The van der Waals surface area contributed by atoms with Crippen molar-refractivity contribution in [1.29, 1.82) is 0 Å². The number of hydrogen-bond donors (Lipinski definition) is 1. The van der Waals surface area contributed by atoms with Crippen molar-refractivity contribution >= 4 is 39.7 Å². The number of nitrogens with zero attached hydrogens (tertiary/aromatic N) is 2. The van der Waals surface area contributed by atoms with Crippen LogP contribution in [0, 0.1) is 0 Å². The zero-order valence-electron chi connectivity index (χ0n) is 15.1. The third-order valence-electron chi connectivity index (χ3n) is 4.13. The number of carbonyl (C=O) groups excluding carboxylic acids is 2. The normalized spacial score (nSPS) is 10.6. The van der Waals surface area contributed by atoms with E-state index in [1.54, 1.807) is 54.6 Å². The van der Waals surface area contributed by atoms with Gasteiger partial charge in [-0.25, -0.2) is 9.48 Å². The van der Waals surface area contributed by atoms with Crippen molar-refractivity contribution < 1.29 is 14.3 Å². The number of benzene rings is 2. The molecule has 1 N–H and O–H groups in total. The molecule has 144 valence electrons. The number of aromatic nitrogens is 2. The highest BCUT2D eigenvalue weighted by Crippen LogP contribution is 2.18. The lowest BCUT2D eigenvalue weighted by Gasteiger charge is -2.08. The molecule has 2 aromatic heterocycles. The molecule has 4 rings (SSSR count). The number of esters is 1. The van der Waals surface area contributed by atoms with Crippen molar-refractivity contribution in [2.45, 2.75) is 6.54 Å². The van der Waals surface area contributed by atoms with E-state index in [1.807, 2.05) is 11.4 Å². The summed E-state index contributed by atoms with van der Waals surface area (Å²) in [6.45, 7) is -0.305. The Balaban J connectivity index is 1.40. The van der Waals surface area contributed by atoms with E-state index in [4.69, 9.17) is 4.74 Å². The first-order chi connectivity index (χ1) is 14.1. The lowest BCUT2D eigenvalue weighted by molar-refractivity contribution is -0.135. The number of rotatable bonds is 5. The second kappa shape index (κ2) is 8.07. The van der Waals surface area contributed by atoms with E-state index in [2.05, 4.69) is 10.4 Å². The summed E-state index contributed by atoms with van der Waals surface area (Å²) in [5, 5.41) is 9.80. The summed E-state index contributed by atoms with van der Waals surface area (Å²) in [7, 11) is 0. The molecule has 0 atom stereocenters. The van der Waals surface area contributed by atoms with Gasteiger partial charge in [-0.05, 0) is 41.8 Å². The molecular formula is C21H15N3O4S. The largest absolute Gasteiger partial charge is 0.425 e. The molecule has 0 aliphatic rings. The highest BCUT2D eigenvalue weighted by Gasteiger charge is 2.11. The number of nitrogens with one attached hydrogen (secondary N) is 1. The Morgan fingerprint density at radius 3 is 2.59 bits per heavy atom. The van der Waals surface area contributed by atoms with Crippen molar-refractivity contribution in [2.24, 2.45) is 0 Å². The number of thiophene rings is 1. The number of amides is 1. The van der Waals surface area contributed by atoms with Crippen LogP contribution < -0.4 is 15.6 Å². The fraction of sp³-hybridized carbons (Fsp3) is 0.0476. The Morgan fingerprint density at radius 1 is 1.03 bits per heavy atom. The molecule has 2 aromatic carbocycles. The van der Waals surface area contributed by atoms with Crippen molar-refractivity contribution in [2.75, 3.05) is 5.32 Å². The van der Waals surface area contributed by atoms with Gasteiger partial charge in [0.05, 0.1) is 16.5 Å². The van der Waals surface area contributed by atoms with Crippen LogP contribution in [-0.2, 0) is 11.3 Å². The Hall–Kier alpha value is -3.78. The van der Waals surface area contributed by atoms with Gasteiger partial charge in [0.15, 0.2) is 0 Å². The first-order valence-corrected chi connectivity index (χ1v) is 9.58. The second-order valence-electron chi connectivity index (χ2n) is 6.12. The minimum atomic E-state index is -0.620. The Labute approximate surface area is 169 Å². The molecule has 0 unspecified atom stereocenters. The van der Waals surface area contributed by atoms with E-state index in [9.17, 15) is 14.4 Å². The Morgan fingerprint density at radius 2 is 1.83 bits per heavy atom. The molecule has 1 amide bonds. The van der Waals surface area contributed by atoms with Crippen LogP contribution in [0.2, 0.25) is 0 Å². The zero-order valence-corrected chi connectivity index (χ0v) is 15.9. The topological polar surface area (TPSA) is 90.3 Å². The average Bonchev–Trinajstić information content (AvgIpc) is 3.27. The maximum absolute atomic E-state index is 12.4. The summed E-state index contributed by atoms with van der Waals surface area (Å²) in [5.74, 6) is -0.519. The fourth-order valence-corrected chi connectivity index (χ4v) is 3.35. The van der Waals surface area contributed by atoms with Crippen LogP contribution in [0.4, 0.5) is 5.69 Å². The second-order valence-corrected chi connectivity index (χ2v) is 7.07. The third kappa shape index (κ3) is 4.22. The number of hydrogen-bond acceptors (Lipinski definition) is 6. The molecule has 0 spiro atoms. The summed E-state index contributed by atoms with van der Waals surface area (Å²) < 4.78 is 6.34. The molecule has 7 nitrogen and oxygen atoms in total. The van der Waals surface area contributed by atoms with Gasteiger partial charge in [0.2, 0.25) is 0 Å². The molecule has 0 fully saturated rings. The van der Waals surface area contributed by atoms with Crippen LogP contribution in [-0.4, -0.2) is 21.7 Å². The van der Waals surface area contributed by atoms with Gasteiger partial charge in [0, 0.05) is 11.1 Å².